The Hall–Kier alpha value is -2.14. The van der Waals surface area contributed by atoms with Gasteiger partial charge in [0.25, 0.3) is 5.91 Å². The lowest BCUT2D eigenvalue weighted by Crippen LogP contribution is -2.46. The van der Waals surface area contributed by atoms with Gasteiger partial charge in [-0.25, -0.2) is 0 Å². The Labute approximate surface area is 134 Å². The SMILES string of the molecule is Cc1ccc(NC(=O)[C@@H](NC(=O)c2cccs2)C(C)C)cc1. The van der Waals surface area contributed by atoms with E-state index in [4.69, 9.17) is 0 Å². The highest BCUT2D eigenvalue weighted by Crippen LogP contribution is 2.13. The van der Waals surface area contributed by atoms with Gasteiger partial charge in [-0.1, -0.05) is 37.6 Å². The van der Waals surface area contributed by atoms with Crippen molar-refractivity contribution in [3.8, 4) is 0 Å². The first-order valence-electron chi connectivity index (χ1n) is 7.19. The molecule has 0 fully saturated rings. The van der Waals surface area contributed by atoms with Crippen LogP contribution in [0.3, 0.4) is 0 Å². The third-order valence-corrected chi connectivity index (χ3v) is 4.17. The molecule has 1 heterocycles. The van der Waals surface area contributed by atoms with E-state index in [9.17, 15) is 9.59 Å². The number of thiophene rings is 1. The minimum absolute atomic E-state index is 0.00522. The number of carbonyl (C=O) groups excluding carboxylic acids is 2. The smallest absolute Gasteiger partial charge is 0.262 e. The maximum Gasteiger partial charge on any atom is 0.262 e. The number of hydrogen-bond donors (Lipinski definition) is 2. The van der Waals surface area contributed by atoms with Gasteiger partial charge in [-0.15, -0.1) is 11.3 Å². The van der Waals surface area contributed by atoms with Gasteiger partial charge in [-0.3, -0.25) is 9.59 Å². The second-order valence-corrected chi connectivity index (χ2v) is 6.48. The van der Waals surface area contributed by atoms with E-state index in [1.165, 1.54) is 11.3 Å². The molecule has 0 aliphatic rings. The van der Waals surface area contributed by atoms with Gasteiger partial charge in [0, 0.05) is 5.69 Å². The van der Waals surface area contributed by atoms with Crippen LogP contribution in [0.15, 0.2) is 41.8 Å². The molecule has 0 aliphatic carbocycles. The monoisotopic (exact) mass is 316 g/mol. The first kappa shape index (κ1) is 16.2. The second kappa shape index (κ2) is 7.22. The zero-order valence-electron chi connectivity index (χ0n) is 12.9. The van der Waals surface area contributed by atoms with Crippen LogP contribution in [0.5, 0.6) is 0 Å². The highest BCUT2D eigenvalue weighted by atomic mass is 32.1. The van der Waals surface area contributed by atoms with Crippen molar-refractivity contribution >= 4 is 28.8 Å². The van der Waals surface area contributed by atoms with E-state index in [0.29, 0.717) is 4.88 Å². The summed E-state index contributed by atoms with van der Waals surface area (Å²) in [5, 5.41) is 7.50. The first-order chi connectivity index (χ1) is 10.5. The van der Waals surface area contributed by atoms with Crippen LogP contribution in [0.4, 0.5) is 5.69 Å². The van der Waals surface area contributed by atoms with Crippen LogP contribution in [0.25, 0.3) is 0 Å². The Morgan fingerprint density at radius 2 is 1.77 bits per heavy atom. The molecule has 5 heteroatoms. The lowest BCUT2D eigenvalue weighted by Gasteiger charge is -2.21. The maximum absolute atomic E-state index is 12.4. The molecule has 0 aliphatic heterocycles. The van der Waals surface area contributed by atoms with E-state index in [-0.39, 0.29) is 17.7 Å². The van der Waals surface area contributed by atoms with E-state index in [1.807, 2.05) is 56.5 Å². The Morgan fingerprint density at radius 1 is 1.09 bits per heavy atom. The van der Waals surface area contributed by atoms with Gasteiger partial charge in [-0.2, -0.15) is 0 Å². The van der Waals surface area contributed by atoms with E-state index >= 15 is 0 Å². The number of aryl methyl sites for hydroxylation is 1. The summed E-state index contributed by atoms with van der Waals surface area (Å²) in [7, 11) is 0. The van der Waals surface area contributed by atoms with Crippen LogP contribution < -0.4 is 10.6 Å². The molecule has 0 radical (unpaired) electrons. The standard InChI is InChI=1S/C17H20N2O2S/c1-11(2)15(19-16(20)14-5-4-10-22-14)17(21)18-13-8-6-12(3)7-9-13/h4-11,15H,1-3H3,(H,18,21)(H,19,20)/t15-/m0/s1. The number of amides is 2. The van der Waals surface area contributed by atoms with Crippen molar-refractivity contribution in [2.45, 2.75) is 26.8 Å². The quantitative estimate of drug-likeness (QED) is 0.887. The van der Waals surface area contributed by atoms with Gasteiger partial charge in [0.05, 0.1) is 4.88 Å². The number of hydrogen-bond acceptors (Lipinski definition) is 3. The van der Waals surface area contributed by atoms with Crippen molar-refractivity contribution in [3.63, 3.8) is 0 Å². The summed E-state index contributed by atoms with van der Waals surface area (Å²) in [5.41, 5.74) is 1.86. The van der Waals surface area contributed by atoms with Crippen LogP contribution in [-0.2, 0) is 4.79 Å². The van der Waals surface area contributed by atoms with Crippen molar-refractivity contribution in [1.82, 2.24) is 5.32 Å². The highest BCUT2D eigenvalue weighted by Gasteiger charge is 2.25. The minimum atomic E-state index is -0.573. The van der Waals surface area contributed by atoms with Crippen molar-refractivity contribution in [2.75, 3.05) is 5.32 Å². The third kappa shape index (κ3) is 4.18. The number of benzene rings is 1. The third-order valence-electron chi connectivity index (χ3n) is 3.30. The molecule has 2 N–H and O–H groups in total. The molecule has 0 unspecified atom stereocenters. The van der Waals surface area contributed by atoms with E-state index < -0.39 is 6.04 Å². The number of carbonyl (C=O) groups is 2. The molecule has 1 aromatic carbocycles. The van der Waals surface area contributed by atoms with Gasteiger partial charge in [0.15, 0.2) is 0 Å². The van der Waals surface area contributed by atoms with Crippen molar-refractivity contribution in [1.29, 1.82) is 0 Å². The van der Waals surface area contributed by atoms with Gasteiger partial charge >= 0.3 is 0 Å². The molecule has 2 aromatic rings. The molecule has 0 spiro atoms. The fourth-order valence-corrected chi connectivity index (χ4v) is 2.64. The number of rotatable bonds is 5. The minimum Gasteiger partial charge on any atom is -0.339 e. The molecule has 22 heavy (non-hydrogen) atoms. The second-order valence-electron chi connectivity index (χ2n) is 5.53. The van der Waals surface area contributed by atoms with E-state index in [0.717, 1.165) is 11.3 Å². The van der Waals surface area contributed by atoms with Crippen LogP contribution in [-0.4, -0.2) is 17.9 Å². The summed E-state index contributed by atoms with van der Waals surface area (Å²) in [6.07, 6.45) is 0. The van der Waals surface area contributed by atoms with Crippen molar-refractivity contribution in [2.24, 2.45) is 5.92 Å². The summed E-state index contributed by atoms with van der Waals surface area (Å²) >= 11 is 1.36. The van der Waals surface area contributed by atoms with Gasteiger partial charge in [0.1, 0.15) is 6.04 Å². The lowest BCUT2D eigenvalue weighted by atomic mass is 10.0. The van der Waals surface area contributed by atoms with Crippen molar-refractivity contribution < 1.29 is 9.59 Å². The van der Waals surface area contributed by atoms with Crippen LogP contribution >= 0.6 is 11.3 Å². The normalized spacial score (nSPS) is 12.0. The molecule has 1 atom stereocenters. The fraction of sp³-hybridized carbons (Fsp3) is 0.294. The summed E-state index contributed by atoms with van der Waals surface area (Å²) in [6, 6.07) is 10.6. The predicted molar refractivity (Wildman–Crippen MR) is 90.2 cm³/mol. The molecular formula is C17H20N2O2S. The van der Waals surface area contributed by atoms with Gasteiger partial charge < -0.3 is 10.6 Å². The van der Waals surface area contributed by atoms with E-state index in [1.54, 1.807) is 6.07 Å². The molecule has 0 bridgehead atoms. The average Bonchev–Trinajstić information content (AvgIpc) is 3.00. The van der Waals surface area contributed by atoms with Crippen LogP contribution in [0.1, 0.15) is 29.1 Å². The Kier molecular flexibility index (Phi) is 5.33. The van der Waals surface area contributed by atoms with E-state index in [2.05, 4.69) is 10.6 Å². The predicted octanol–water partition coefficient (Wildman–Crippen LogP) is 3.45. The topological polar surface area (TPSA) is 58.2 Å². The molecule has 2 amide bonds. The molecular weight excluding hydrogens is 296 g/mol. The van der Waals surface area contributed by atoms with Crippen LogP contribution in [0.2, 0.25) is 0 Å². The zero-order chi connectivity index (χ0) is 16.1. The summed E-state index contributed by atoms with van der Waals surface area (Å²) < 4.78 is 0. The first-order valence-corrected chi connectivity index (χ1v) is 8.07. The Morgan fingerprint density at radius 3 is 2.32 bits per heavy atom. The maximum atomic E-state index is 12.4. The van der Waals surface area contributed by atoms with Gasteiger partial charge in [-0.05, 0) is 36.4 Å². The lowest BCUT2D eigenvalue weighted by molar-refractivity contribution is -0.118. The number of anilines is 1. The highest BCUT2D eigenvalue weighted by molar-refractivity contribution is 7.12. The summed E-state index contributed by atoms with van der Waals surface area (Å²) in [5.74, 6) is -0.425. The summed E-state index contributed by atoms with van der Waals surface area (Å²) in [6.45, 7) is 5.81. The van der Waals surface area contributed by atoms with Crippen molar-refractivity contribution in [3.05, 3.63) is 52.2 Å². The molecule has 0 saturated carbocycles. The summed E-state index contributed by atoms with van der Waals surface area (Å²) in [4.78, 5) is 25.2. The van der Waals surface area contributed by atoms with Crippen LogP contribution in [0, 0.1) is 12.8 Å². The molecule has 116 valence electrons. The Bertz CT molecular complexity index is 633. The van der Waals surface area contributed by atoms with Gasteiger partial charge in [0.2, 0.25) is 5.91 Å². The average molecular weight is 316 g/mol. The zero-order valence-corrected chi connectivity index (χ0v) is 13.7. The molecule has 4 nitrogen and oxygen atoms in total. The fourth-order valence-electron chi connectivity index (χ4n) is 2.01. The largest absolute Gasteiger partial charge is 0.339 e. The Balaban J connectivity index is 2.05. The molecule has 2 rings (SSSR count). The number of nitrogens with one attached hydrogen (secondary N) is 2. The molecule has 1 aromatic heterocycles. The molecule has 0 saturated heterocycles.